The van der Waals surface area contributed by atoms with Gasteiger partial charge in [0.25, 0.3) is 0 Å². The van der Waals surface area contributed by atoms with E-state index in [0.29, 0.717) is 0 Å². The summed E-state index contributed by atoms with van der Waals surface area (Å²) in [6.07, 6.45) is 2.91. The third-order valence-corrected chi connectivity index (χ3v) is 4.98. The number of sulfone groups is 1. The molecule has 2 aromatic rings. The second kappa shape index (κ2) is 5.90. The molecule has 1 unspecified atom stereocenters. The van der Waals surface area contributed by atoms with Crippen LogP contribution in [0.3, 0.4) is 0 Å². The topological polar surface area (TPSA) is 78.0 Å². The number of nitrogens with two attached hydrogens (primary N) is 1. The molecular weight excluding hydrogens is 354 g/mol. The van der Waals surface area contributed by atoms with Crippen molar-refractivity contribution < 1.29 is 8.42 Å². The molecule has 0 aliphatic heterocycles. The van der Waals surface area contributed by atoms with Gasteiger partial charge in [-0.05, 0) is 47.5 Å². The molecule has 0 fully saturated rings. The van der Waals surface area contributed by atoms with Gasteiger partial charge >= 0.3 is 0 Å². The fourth-order valence-electron chi connectivity index (χ4n) is 2.13. The van der Waals surface area contributed by atoms with Crippen LogP contribution >= 0.6 is 15.9 Å². The zero-order valence-electron chi connectivity index (χ0n) is 12.1. The molecule has 0 saturated heterocycles. The molecule has 1 atom stereocenters. The van der Waals surface area contributed by atoms with Crippen LogP contribution in [-0.4, -0.2) is 24.5 Å². The second-order valence-electron chi connectivity index (χ2n) is 5.23. The van der Waals surface area contributed by atoms with Crippen LogP contribution in [0.5, 0.6) is 0 Å². The first-order chi connectivity index (χ1) is 9.71. The Morgan fingerprint density at radius 3 is 2.29 bits per heavy atom. The van der Waals surface area contributed by atoms with E-state index in [2.05, 4.69) is 21.0 Å². The predicted octanol–water partition coefficient (Wildman–Crippen LogP) is 2.68. The lowest BCUT2D eigenvalue weighted by molar-refractivity contribution is 0.498. The van der Waals surface area contributed by atoms with Gasteiger partial charge in [-0.3, -0.25) is 4.68 Å². The normalized spacial score (nSPS) is 13.6. The Morgan fingerprint density at radius 1 is 1.24 bits per heavy atom. The third-order valence-electron chi connectivity index (χ3n) is 3.24. The van der Waals surface area contributed by atoms with Crippen molar-refractivity contribution in [3.8, 4) is 0 Å². The van der Waals surface area contributed by atoms with E-state index in [9.17, 15) is 8.42 Å². The van der Waals surface area contributed by atoms with E-state index in [1.165, 1.54) is 6.26 Å². The van der Waals surface area contributed by atoms with E-state index < -0.39 is 9.84 Å². The molecular formula is C14H18BrN3O2S. The molecule has 0 aliphatic rings. The smallest absolute Gasteiger partial charge is 0.175 e. The van der Waals surface area contributed by atoms with Crippen LogP contribution in [0.15, 0.2) is 39.8 Å². The molecule has 1 heterocycles. The predicted molar refractivity (Wildman–Crippen MR) is 85.9 cm³/mol. The number of nitrogens with zero attached hydrogens (tertiary/aromatic N) is 2. The van der Waals surface area contributed by atoms with Crippen LogP contribution in [-0.2, 0) is 9.84 Å². The highest BCUT2D eigenvalue weighted by atomic mass is 79.9. The molecule has 7 heteroatoms. The summed E-state index contributed by atoms with van der Waals surface area (Å²) in [4.78, 5) is 0.287. The third kappa shape index (κ3) is 3.36. The fraction of sp³-hybridized carbons (Fsp3) is 0.357. The lowest BCUT2D eigenvalue weighted by atomic mass is 10.0. The van der Waals surface area contributed by atoms with Crippen LogP contribution in [0.2, 0.25) is 0 Å². The number of hydrogen-bond donors (Lipinski definition) is 1. The molecule has 0 radical (unpaired) electrons. The largest absolute Gasteiger partial charge is 0.319 e. The van der Waals surface area contributed by atoms with E-state index in [1.54, 1.807) is 30.5 Å². The van der Waals surface area contributed by atoms with Crippen molar-refractivity contribution in [3.05, 3.63) is 46.2 Å². The molecule has 0 aliphatic carbocycles. The van der Waals surface area contributed by atoms with Gasteiger partial charge in [0, 0.05) is 12.3 Å². The second-order valence-corrected chi connectivity index (χ2v) is 8.11. The summed E-state index contributed by atoms with van der Waals surface area (Å²) in [6, 6.07) is 6.45. The summed E-state index contributed by atoms with van der Waals surface area (Å²) in [5.41, 5.74) is 8.03. The first kappa shape index (κ1) is 16.2. The molecule has 0 bridgehead atoms. The number of aromatic nitrogens is 2. The van der Waals surface area contributed by atoms with E-state index in [4.69, 9.17) is 5.73 Å². The van der Waals surface area contributed by atoms with Gasteiger partial charge in [0.2, 0.25) is 0 Å². The average Bonchev–Trinajstić information content (AvgIpc) is 2.79. The van der Waals surface area contributed by atoms with Gasteiger partial charge in [0.05, 0.1) is 27.3 Å². The first-order valence-corrected chi connectivity index (χ1v) is 9.18. The summed E-state index contributed by atoms with van der Waals surface area (Å²) in [5.74, 6) is 0. The Kier molecular flexibility index (Phi) is 4.55. The van der Waals surface area contributed by atoms with Crippen LogP contribution in [0.25, 0.3) is 0 Å². The minimum absolute atomic E-state index is 0.188. The lowest BCUT2D eigenvalue weighted by Gasteiger charge is -2.18. The van der Waals surface area contributed by atoms with E-state index in [0.717, 1.165) is 15.7 Å². The Balaban J connectivity index is 2.41. The summed E-state index contributed by atoms with van der Waals surface area (Å²) >= 11 is 3.47. The van der Waals surface area contributed by atoms with Crippen molar-refractivity contribution in [2.45, 2.75) is 30.8 Å². The summed E-state index contributed by atoms with van der Waals surface area (Å²) < 4.78 is 25.7. The van der Waals surface area contributed by atoms with Crippen LogP contribution < -0.4 is 5.73 Å². The molecule has 0 saturated carbocycles. The van der Waals surface area contributed by atoms with Gasteiger partial charge in [-0.15, -0.1) is 0 Å². The molecule has 1 aromatic heterocycles. The molecule has 21 heavy (non-hydrogen) atoms. The van der Waals surface area contributed by atoms with Crippen molar-refractivity contribution >= 4 is 25.8 Å². The van der Waals surface area contributed by atoms with E-state index in [1.807, 2.05) is 18.5 Å². The summed E-state index contributed by atoms with van der Waals surface area (Å²) in [5, 5.41) is 4.31. The minimum atomic E-state index is -3.20. The van der Waals surface area contributed by atoms with Crippen LogP contribution in [0.4, 0.5) is 0 Å². The van der Waals surface area contributed by atoms with E-state index >= 15 is 0 Å². The van der Waals surface area contributed by atoms with Crippen molar-refractivity contribution in [3.63, 3.8) is 0 Å². The highest BCUT2D eigenvalue weighted by molar-refractivity contribution is 9.10. The number of halogens is 1. The van der Waals surface area contributed by atoms with E-state index in [-0.39, 0.29) is 17.0 Å². The Bertz CT molecular complexity index is 736. The Labute approximate surface area is 133 Å². The molecule has 2 rings (SSSR count). The van der Waals surface area contributed by atoms with Gasteiger partial charge in [-0.1, -0.05) is 12.1 Å². The zero-order valence-corrected chi connectivity index (χ0v) is 14.5. The van der Waals surface area contributed by atoms with Gasteiger partial charge in [0.15, 0.2) is 9.84 Å². The first-order valence-electron chi connectivity index (χ1n) is 6.50. The van der Waals surface area contributed by atoms with Crippen molar-refractivity contribution in [1.82, 2.24) is 9.78 Å². The maximum absolute atomic E-state index is 11.5. The van der Waals surface area contributed by atoms with Gasteiger partial charge < -0.3 is 5.73 Å². The lowest BCUT2D eigenvalue weighted by Crippen LogP contribution is -2.19. The van der Waals surface area contributed by atoms with Gasteiger partial charge in [-0.2, -0.15) is 5.10 Å². The molecule has 5 nitrogen and oxygen atoms in total. The van der Waals surface area contributed by atoms with Crippen molar-refractivity contribution in [2.75, 3.05) is 6.26 Å². The number of benzene rings is 1. The fourth-order valence-corrected chi connectivity index (χ4v) is 3.28. The quantitative estimate of drug-likeness (QED) is 0.895. The Morgan fingerprint density at radius 2 is 1.81 bits per heavy atom. The molecule has 0 amide bonds. The number of hydrogen-bond acceptors (Lipinski definition) is 4. The molecule has 1 aromatic carbocycles. The van der Waals surface area contributed by atoms with Crippen molar-refractivity contribution in [1.29, 1.82) is 0 Å². The monoisotopic (exact) mass is 371 g/mol. The molecule has 114 valence electrons. The summed E-state index contributed by atoms with van der Waals surface area (Å²) in [7, 11) is -3.20. The highest BCUT2D eigenvalue weighted by Crippen LogP contribution is 2.29. The maximum atomic E-state index is 11.5. The van der Waals surface area contributed by atoms with Crippen molar-refractivity contribution in [2.24, 2.45) is 5.73 Å². The van der Waals surface area contributed by atoms with Crippen LogP contribution in [0.1, 0.15) is 37.2 Å². The molecule has 0 spiro atoms. The maximum Gasteiger partial charge on any atom is 0.175 e. The number of rotatable bonds is 4. The average molecular weight is 372 g/mol. The van der Waals surface area contributed by atoms with Crippen LogP contribution in [0, 0.1) is 0 Å². The summed E-state index contributed by atoms with van der Waals surface area (Å²) in [6.45, 7) is 4.06. The minimum Gasteiger partial charge on any atom is -0.319 e. The van der Waals surface area contributed by atoms with Gasteiger partial charge in [-0.25, -0.2) is 8.42 Å². The zero-order chi connectivity index (χ0) is 15.8. The standard InChI is InChI=1S/C14H18BrN3O2S/c1-9(2)18-14(12(15)8-17-18)13(16)10-4-6-11(7-5-10)21(3,19)20/h4-9,13H,16H2,1-3H3. The molecule has 2 N–H and O–H groups in total. The highest BCUT2D eigenvalue weighted by Gasteiger charge is 2.20. The SMILES string of the molecule is CC(C)n1ncc(Br)c1C(N)c1ccc(S(C)(=O)=O)cc1. The van der Waals surface area contributed by atoms with Gasteiger partial charge in [0.1, 0.15) is 0 Å². The Hall–Kier alpha value is -1.18.